The molecule has 1 N–H and O–H groups in total. The summed E-state index contributed by atoms with van der Waals surface area (Å²) in [5.74, 6) is 0.893. The molecular weight excluding hydrogens is 330 g/mol. The number of anilines is 2. The van der Waals surface area contributed by atoms with Gasteiger partial charge in [-0.25, -0.2) is 0 Å². The highest BCUT2D eigenvalue weighted by atomic mass is 16.5. The molecule has 0 fully saturated rings. The summed E-state index contributed by atoms with van der Waals surface area (Å²) in [7, 11) is 0. The van der Waals surface area contributed by atoms with Gasteiger partial charge in [-0.05, 0) is 50.2 Å². The van der Waals surface area contributed by atoms with Crippen LogP contribution in [0.25, 0.3) is 0 Å². The van der Waals surface area contributed by atoms with E-state index in [1.807, 2.05) is 32.0 Å². The normalized spacial score (nSPS) is 10.2. The number of hydrogen-bond acceptors (Lipinski definition) is 7. The van der Waals surface area contributed by atoms with Crippen molar-refractivity contribution in [2.24, 2.45) is 0 Å². The molecule has 0 saturated carbocycles. The standard InChI is InChI=1S/C19H17N5O2/c1-13(2)25-18-22-17(21-15-10-8-14(12-20)9-11-15)23-19(24-18)26-16-6-4-3-5-7-16/h3-11,13H,1-2H3,(H,21,22,23,24). The van der Waals surface area contributed by atoms with Crippen LogP contribution < -0.4 is 14.8 Å². The van der Waals surface area contributed by atoms with Crippen molar-refractivity contribution >= 4 is 11.6 Å². The summed E-state index contributed by atoms with van der Waals surface area (Å²) in [5, 5.41) is 11.9. The molecule has 1 aromatic heterocycles. The van der Waals surface area contributed by atoms with Gasteiger partial charge in [0.25, 0.3) is 0 Å². The fourth-order valence-corrected chi connectivity index (χ4v) is 2.05. The first-order valence-electron chi connectivity index (χ1n) is 8.05. The Balaban J connectivity index is 1.87. The van der Waals surface area contributed by atoms with Gasteiger partial charge in [0.1, 0.15) is 5.75 Å². The molecule has 3 rings (SSSR count). The van der Waals surface area contributed by atoms with Gasteiger partial charge in [-0.1, -0.05) is 18.2 Å². The van der Waals surface area contributed by atoms with E-state index in [9.17, 15) is 0 Å². The summed E-state index contributed by atoms with van der Waals surface area (Å²) in [4.78, 5) is 12.7. The molecule has 0 bridgehead atoms. The van der Waals surface area contributed by atoms with Gasteiger partial charge in [0, 0.05) is 5.69 Å². The molecule has 130 valence electrons. The minimum absolute atomic E-state index is 0.0928. The Labute approximate surface area is 151 Å². The van der Waals surface area contributed by atoms with Crippen LogP contribution in [0.3, 0.4) is 0 Å². The molecule has 0 unspecified atom stereocenters. The number of rotatable bonds is 6. The average molecular weight is 347 g/mol. The topological polar surface area (TPSA) is 93.0 Å². The maximum absolute atomic E-state index is 8.88. The minimum atomic E-state index is -0.0928. The van der Waals surface area contributed by atoms with Crippen molar-refractivity contribution in [3.8, 4) is 23.8 Å². The Morgan fingerprint density at radius 3 is 2.27 bits per heavy atom. The first-order chi connectivity index (χ1) is 12.6. The van der Waals surface area contributed by atoms with Gasteiger partial charge in [-0.3, -0.25) is 0 Å². The van der Waals surface area contributed by atoms with Gasteiger partial charge in [0.2, 0.25) is 5.95 Å². The molecule has 0 atom stereocenters. The van der Waals surface area contributed by atoms with Gasteiger partial charge in [-0.2, -0.15) is 15.2 Å². The zero-order valence-corrected chi connectivity index (χ0v) is 14.4. The van der Waals surface area contributed by atoms with Crippen LogP contribution in [-0.4, -0.2) is 21.1 Å². The number of nitrogens with zero attached hydrogens (tertiary/aromatic N) is 4. The number of para-hydroxylation sites is 1. The molecule has 0 spiro atoms. The molecule has 0 aliphatic carbocycles. The Morgan fingerprint density at radius 1 is 0.923 bits per heavy atom. The summed E-state index contributed by atoms with van der Waals surface area (Å²) in [5.41, 5.74) is 1.31. The molecule has 7 nitrogen and oxygen atoms in total. The molecule has 0 radical (unpaired) electrons. The van der Waals surface area contributed by atoms with E-state index in [1.54, 1.807) is 36.4 Å². The average Bonchev–Trinajstić information content (AvgIpc) is 2.62. The largest absolute Gasteiger partial charge is 0.461 e. The van der Waals surface area contributed by atoms with Crippen LogP contribution in [0.2, 0.25) is 0 Å². The van der Waals surface area contributed by atoms with Crippen molar-refractivity contribution in [2.45, 2.75) is 20.0 Å². The van der Waals surface area contributed by atoms with Crippen molar-refractivity contribution < 1.29 is 9.47 Å². The number of benzene rings is 2. The van der Waals surface area contributed by atoms with E-state index >= 15 is 0 Å². The van der Waals surface area contributed by atoms with E-state index in [2.05, 4.69) is 26.3 Å². The van der Waals surface area contributed by atoms with Crippen molar-refractivity contribution in [3.63, 3.8) is 0 Å². The molecule has 0 aliphatic rings. The maximum atomic E-state index is 8.88. The lowest BCUT2D eigenvalue weighted by atomic mass is 10.2. The lowest BCUT2D eigenvalue weighted by Crippen LogP contribution is -2.11. The predicted octanol–water partition coefficient (Wildman–Crippen LogP) is 4.07. The predicted molar refractivity (Wildman–Crippen MR) is 96.5 cm³/mol. The van der Waals surface area contributed by atoms with Gasteiger partial charge in [-0.15, -0.1) is 4.98 Å². The lowest BCUT2D eigenvalue weighted by Gasteiger charge is -2.11. The summed E-state index contributed by atoms with van der Waals surface area (Å²) in [6.07, 6.45) is -0.0928. The van der Waals surface area contributed by atoms with Crippen LogP contribution in [0.1, 0.15) is 19.4 Å². The van der Waals surface area contributed by atoms with Crippen molar-refractivity contribution in [2.75, 3.05) is 5.32 Å². The van der Waals surface area contributed by atoms with Gasteiger partial charge in [0.05, 0.1) is 17.7 Å². The monoisotopic (exact) mass is 347 g/mol. The third kappa shape index (κ3) is 4.68. The second-order valence-electron chi connectivity index (χ2n) is 5.62. The van der Waals surface area contributed by atoms with Crippen molar-refractivity contribution in [3.05, 3.63) is 60.2 Å². The summed E-state index contributed by atoms with van der Waals surface area (Å²) in [6.45, 7) is 3.77. The first-order valence-corrected chi connectivity index (χ1v) is 8.05. The summed E-state index contributed by atoms with van der Waals surface area (Å²) in [6, 6.07) is 18.5. The zero-order valence-electron chi connectivity index (χ0n) is 14.4. The van der Waals surface area contributed by atoms with Gasteiger partial charge >= 0.3 is 12.0 Å². The second kappa shape index (κ2) is 7.94. The van der Waals surface area contributed by atoms with Gasteiger partial charge < -0.3 is 14.8 Å². The molecule has 0 saturated heterocycles. The quantitative estimate of drug-likeness (QED) is 0.718. The first kappa shape index (κ1) is 17.2. The molecule has 26 heavy (non-hydrogen) atoms. The number of ether oxygens (including phenoxy) is 2. The third-order valence-electron chi connectivity index (χ3n) is 3.16. The van der Waals surface area contributed by atoms with Crippen LogP contribution in [0.4, 0.5) is 11.6 Å². The van der Waals surface area contributed by atoms with Crippen molar-refractivity contribution in [1.82, 2.24) is 15.0 Å². The Morgan fingerprint density at radius 2 is 1.62 bits per heavy atom. The fourth-order valence-electron chi connectivity index (χ4n) is 2.05. The molecule has 1 heterocycles. The SMILES string of the molecule is CC(C)Oc1nc(Nc2ccc(C#N)cc2)nc(Oc2ccccc2)n1. The van der Waals surface area contributed by atoms with Crippen LogP contribution in [-0.2, 0) is 0 Å². The minimum Gasteiger partial charge on any atom is -0.461 e. The molecule has 0 amide bonds. The molecule has 2 aromatic carbocycles. The van der Waals surface area contributed by atoms with E-state index in [-0.39, 0.29) is 24.1 Å². The third-order valence-corrected chi connectivity index (χ3v) is 3.16. The second-order valence-corrected chi connectivity index (χ2v) is 5.62. The Kier molecular flexibility index (Phi) is 5.25. The fraction of sp³-hybridized carbons (Fsp3) is 0.158. The zero-order chi connectivity index (χ0) is 18.4. The molecule has 0 aliphatic heterocycles. The molecule has 7 heteroatoms. The number of aromatic nitrogens is 3. The maximum Gasteiger partial charge on any atom is 0.330 e. The Hall–Kier alpha value is -3.66. The van der Waals surface area contributed by atoms with E-state index < -0.39 is 0 Å². The van der Waals surface area contributed by atoms with E-state index in [1.165, 1.54) is 0 Å². The van der Waals surface area contributed by atoms with Crippen LogP contribution >= 0.6 is 0 Å². The highest BCUT2D eigenvalue weighted by Gasteiger charge is 2.11. The smallest absolute Gasteiger partial charge is 0.330 e. The Bertz CT molecular complexity index is 905. The van der Waals surface area contributed by atoms with Crippen LogP contribution in [0.15, 0.2) is 54.6 Å². The summed E-state index contributed by atoms with van der Waals surface area (Å²) >= 11 is 0. The number of nitriles is 1. The van der Waals surface area contributed by atoms with E-state index in [0.717, 1.165) is 5.69 Å². The van der Waals surface area contributed by atoms with Gasteiger partial charge in [0.15, 0.2) is 0 Å². The lowest BCUT2D eigenvalue weighted by molar-refractivity contribution is 0.219. The van der Waals surface area contributed by atoms with E-state index in [4.69, 9.17) is 14.7 Å². The van der Waals surface area contributed by atoms with Crippen LogP contribution in [0.5, 0.6) is 17.8 Å². The summed E-state index contributed by atoms with van der Waals surface area (Å²) < 4.78 is 11.3. The molecule has 3 aromatic rings. The number of nitrogens with one attached hydrogen (secondary N) is 1. The van der Waals surface area contributed by atoms with Crippen molar-refractivity contribution in [1.29, 1.82) is 5.26 Å². The van der Waals surface area contributed by atoms with Crippen LogP contribution in [0, 0.1) is 11.3 Å². The number of hydrogen-bond donors (Lipinski definition) is 1. The molecular formula is C19H17N5O2. The highest BCUT2D eigenvalue weighted by molar-refractivity contribution is 5.55. The highest BCUT2D eigenvalue weighted by Crippen LogP contribution is 2.22. The van der Waals surface area contributed by atoms with E-state index in [0.29, 0.717) is 11.3 Å².